The molecule has 0 radical (unpaired) electrons. The Hall–Kier alpha value is -2.15. The molecular weight excluding hydrogens is 308 g/mol. The third kappa shape index (κ3) is 5.19. The van der Waals surface area contributed by atoms with Gasteiger partial charge in [0.05, 0.1) is 6.04 Å². The van der Waals surface area contributed by atoms with Gasteiger partial charge >= 0.3 is 6.09 Å². The van der Waals surface area contributed by atoms with E-state index in [4.69, 9.17) is 10.5 Å². The van der Waals surface area contributed by atoms with Crippen molar-refractivity contribution in [2.75, 3.05) is 13.1 Å². The van der Waals surface area contributed by atoms with Crippen molar-refractivity contribution in [2.24, 2.45) is 5.73 Å². The molecule has 0 aromatic carbocycles. The van der Waals surface area contributed by atoms with Crippen molar-refractivity contribution < 1.29 is 14.3 Å². The third-order valence-electron chi connectivity index (χ3n) is 3.81. The Kier molecular flexibility index (Phi) is 5.77. The van der Waals surface area contributed by atoms with Crippen LogP contribution in [-0.2, 0) is 4.74 Å². The van der Waals surface area contributed by atoms with Crippen molar-refractivity contribution in [2.45, 2.75) is 51.3 Å². The van der Waals surface area contributed by atoms with Crippen LogP contribution >= 0.6 is 0 Å². The largest absolute Gasteiger partial charge is 0.444 e. The van der Waals surface area contributed by atoms with Gasteiger partial charge in [-0.2, -0.15) is 0 Å². The Morgan fingerprint density at radius 1 is 1.33 bits per heavy atom. The minimum Gasteiger partial charge on any atom is -0.444 e. The van der Waals surface area contributed by atoms with Crippen molar-refractivity contribution in [3.05, 3.63) is 30.1 Å². The van der Waals surface area contributed by atoms with Crippen molar-refractivity contribution in [1.82, 2.24) is 15.2 Å². The van der Waals surface area contributed by atoms with Crippen molar-refractivity contribution >= 4 is 12.0 Å². The summed E-state index contributed by atoms with van der Waals surface area (Å²) >= 11 is 0. The summed E-state index contributed by atoms with van der Waals surface area (Å²) in [7, 11) is 0. The van der Waals surface area contributed by atoms with Gasteiger partial charge in [0.25, 0.3) is 5.91 Å². The fraction of sp³-hybridized carbons (Fsp3) is 0.588. The highest BCUT2D eigenvalue weighted by atomic mass is 16.6. The number of aromatic nitrogens is 1. The van der Waals surface area contributed by atoms with Gasteiger partial charge in [-0.05, 0) is 45.7 Å². The van der Waals surface area contributed by atoms with Gasteiger partial charge in [-0.15, -0.1) is 0 Å². The number of carbonyl (C=O) groups excluding carboxylic acids is 2. The Bertz CT molecular complexity index is 571. The van der Waals surface area contributed by atoms with Crippen LogP contribution in [0.1, 0.15) is 44.0 Å². The summed E-state index contributed by atoms with van der Waals surface area (Å²) in [5, 5.41) is 2.93. The maximum Gasteiger partial charge on any atom is 0.410 e. The van der Waals surface area contributed by atoms with Crippen molar-refractivity contribution in [1.29, 1.82) is 0 Å². The number of rotatable bonds is 2. The standard InChI is InChI=1S/C17H26N4O3/c1-17(2,3)24-16(23)21-10-4-5-13(18)14(11-21)20-15(22)12-6-8-19-9-7-12/h6-9,13-14H,4-5,10-11,18H2,1-3H3,(H,20,22)/t13-,14-/m1/s1. The molecule has 3 N–H and O–H groups in total. The van der Waals surface area contributed by atoms with E-state index in [1.807, 2.05) is 20.8 Å². The Balaban J connectivity index is 2.04. The van der Waals surface area contributed by atoms with E-state index in [2.05, 4.69) is 10.3 Å². The number of hydrogen-bond acceptors (Lipinski definition) is 5. The molecule has 24 heavy (non-hydrogen) atoms. The molecule has 2 heterocycles. The minimum absolute atomic E-state index is 0.205. The predicted octanol–water partition coefficient (Wildman–Crippen LogP) is 1.54. The molecule has 2 atom stereocenters. The molecule has 7 nitrogen and oxygen atoms in total. The molecule has 132 valence electrons. The molecule has 7 heteroatoms. The average Bonchev–Trinajstić information content (AvgIpc) is 2.69. The van der Waals surface area contributed by atoms with E-state index >= 15 is 0 Å². The lowest BCUT2D eigenvalue weighted by molar-refractivity contribution is 0.0241. The van der Waals surface area contributed by atoms with Gasteiger partial charge in [-0.25, -0.2) is 4.79 Å². The molecule has 2 rings (SSSR count). The first kappa shape index (κ1) is 18.2. The van der Waals surface area contributed by atoms with Crippen LogP contribution in [0.25, 0.3) is 0 Å². The zero-order valence-electron chi connectivity index (χ0n) is 14.5. The number of nitrogens with zero attached hydrogens (tertiary/aromatic N) is 2. The second kappa shape index (κ2) is 7.61. The van der Waals surface area contributed by atoms with Crippen molar-refractivity contribution in [3.63, 3.8) is 0 Å². The molecule has 0 bridgehead atoms. The smallest absolute Gasteiger partial charge is 0.410 e. The fourth-order valence-electron chi connectivity index (χ4n) is 2.58. The molecule has 0 saturated carbocycles. The summed E-state index contributed by atoms with van der Waals surface area (Å²) in [4.78, 5) is 30.2. The highest BCUT2D eigenvalue weighted by Crippen LogP contribution is 2.15. The number of carbonyl (C=O) groups is 2. The van der Waals surface area contributed by atoms with Crippen LogP contribution in [0.15, 0.2) is 24.5 Å². The first-order valence-corrected chi connectivity index (χ1v) is 8.20. The molecule has 1 aliphatic heterocycles. The number of amides is 2. The summed E-state index contributed by atoms with van der Waals surface area (Å²) in [6.45, 7) is 6.41. The van der Waals surface area contributed by atoms with Gasteiger partial charge in [-0.3, -0.25) is 9.78 Å². The number of pyridine rings is 1. The molecule has 1 aromatic rings. The predicted molar refractivity (Wildman–Crippen MR) is 90.5 cm³/mol. The number of hydrogen-bond donors (Lipinski definition) is 2. The topological polar surface area (TPSA) is 97.5 Å². The quantitative estimate of drug-likeness (QED) is 0.855. The lowest BCUT2D eigenvalue weighted by atomic mass is 10.1. The van der Waals surface area contributed by atoms with E-state index in [-0.39, 0.29) is 24.1 Å². The van der Waals surface area contributed by atoms with E-state index in [9.17, 15) is 9.59 Å². The van der Waals surface area contributed by atoms with E-state index in [1.54, 1.807) is 29.4 Å². The van der Waals surface area contributed by atoms with Gasteiger partial charge in [0, 0.05) is 37.1 Å². The molecular formula is C17H26N4O3. The van der Waals surface area contributed by atoms with E-state index in [0.29, 0.717) is 18.7 Å². The number of nitrogens with two attached hydrogens (primary N) is 1. The average molecular weight is 334 g/mol. The van der Waals surface area contributed by atoms with Crippen molar-refractivity contribution in [3.8, 4) is 0 Å². The highest BCUT2D eigenvalue weighted by Gasteiger charge is 2.30. The van der Waals surface area contributed by atoms with Crippen LogP contribution in [-0.4, -0.2) is 52.7 Å². The first-order valence-electron chi connectivity index (χ1n) is 8.20. The summed E-state index contributed by atoms with van der Waals surface area (Å²) < 4.78 is 5.43. The zero-order valence-corrected chi connectivity index (χ0v) is 14.5. The van der Waals surface area contributed by atoms with Gasteiger partial charge in [0.1, 0.15) is 5.60 Å². The molecule has 2 amide bonds. The Morgan fingerprint density at radius 2 is 2.00 bits per heavy atom. The summed E-state index contributed by atoms with van der Waals surface area (Å²) in [5.41, 5.74) is 6.15. The van der Waals surface area contributed by atoms with Gasteiger partial charge in [-0.1, -0.05) is 0 Å². The Morgan fingerprint density at radius 3 is 2.62 bits per heavy atom. The summed E-state index contributed by atoms with van der Waals surface area (Å²) in [5.74, 6) is -0.219. The number of nitrogens with one attached hydrogen (secondary N) is 1. The summed E-state index contributed by atoms with van der Waals surface area (Å²) in [6, 6.07) is 2.76. The number of ether oxygens (including phenoxy) is 1. The normalized spacial score (nSPS) is 21.8. The van der Waals surface area contributed by atoms with E-state index in [1.165, 1.54) is 0 Å². The molecule has 0 spiro atoms. The van der Waals surface area contributed by atoms with Crippen LogP contribution in [0, 0.1) is 0 Å². The monoisotopic (exact) mass is 334 g/mol. The second-order valence-electron chi connectivity index (χ2n) is 7.05. The molecule has 1 fully saturated rings. The third-order valence-corrected chi connectivity index (χ3v) is 3.81. The van der Waals surface area contributed by atoms with Gasteiger partial charge in [0.15, 0.2) is 0 Å². The maximum atomic E-state index is 12.3. The number of likely N-dealkylation sites (tertiary alicyclic amines) is 1. The van der Waals surface area contributed by atoms with Crippen LogP contribution in [0.2, 0.25) is 0 Å². The van der Waals surface area contributed by atoms with E-state index in [0.717, 1.165) is 12.8 Å². The van der Waals surface area contributed by atoms with Crippen LogP contribution in [0.3, 0.4) is 0 Å². The fourth-order valence-corrected chi connectivity index (χ4v) is 2.58. The molecule has 1 aromatic heterocycles. The molecule has 1 aliphatic rings. The van der Waals surface area contributed by atoms with E-state index < -0.39 is 5.60 Å². The SMILES string of the molecule is CC(C)(C)OC(=O)N1CCC[C@@H](N)[C@H](NC(=O)c2ccncc2)C1. The van der Waals surface area contributed by atoms with Crippen LogP contribution in [0.4, 0.5) is 4.79 Å². The first-order chi connectivity index (χ1) is 11.3. The maximum absolute atomic E-state index is 12.3. The molecule has 1 saturated heterocycles. The lowest BCUT2D eigenvalue weighted by Gasteiger charge is -2.29. The zero-order chi connectivity index (χ0) is 17.7. The van der Waals surface area contributed by atoms with Crippen LogP contribution < -0.4 is 11.1 Å². The molecule has 0 unspecified atom stereocenters. The van der Waals surface area contributed by atoms with Crippen LogP contribution in [0.5, 0.6) is 0 Å². The summed E-state index contributed by atoms with van der Waals surface area (Å²) in [6.07, 6.45) is 4.27. The Labute approximate surface area is 142 Å². The highest BCUT2D eigenvalue weighted by molar-refractivity contribution is 5.94. The van der Waals surface area contributed by atoms with Gasteiger partial charge < -0.3 is 20.7 Å². The van der Waals surface area contributed by atoms with Gasteiger partial charge in [0.2, 0.25) is 0 Å². The minimum atomic E-state index is -0.554. The lowest BCUT2D eigenvalue weighted by Crippen LogP contribution is -2.53. The molecule has 0 aliphatic carbocycles. The second-order valence-corrected chi connectivity index (χ2v) is 7.05.